The van der Waals surface area contributed by atoms with Crippen molar-refractivity contribution in [3.05, 3.63) is 11.7 Å². The largest absolute Gasteiger partial charge is 0.338 e. The van der Waals surface area contributed by atoms with Gasteiger partial charge >= 0.3 is 0 Å². The summed E-state index contributed by atoms with van der Waals surface area (Å²) in [5.41, 5.74) is 0. The number of hydrogen-bond donors (Lipinski definition) is 0. The smallest absolute Gasteiger partial charge is 0.239 e. The van der Waals surface area contributed by atoms with E-state index < -0.39 is 10.8 Å². The number of rotatable bonds is 3. The van der Waals surface area contributed by atoms with Crippen molar-refractivity contribution in [2.75, 3.05) is 0 Å². The predicted octanol–water partition coefficient (Wildman–Crippen LogP) is 1.57. The molecule has 1 atom stereocenters. The molecule has 1 saturated carbocycles. The minimum atomic E-state index is -0.829. The molecule has 0 spiro atoms. The maximum absolute atomic E-state index is 11.8. The van der Waals surface area contributed by atoms with Crippen molar-refractivity contribution in [2.24, 2.45) is 0 Å². The van der Waals surface area contributed by atoms with Crippen LogP contribution in [0.5, 0.6) is 0 Å². The average molecular weight is 214 g/mol. The van der Waals surface area contributed by atoms with Gasteiger partial charge in [0.15, 0.2) is 5.82 Å². The second-order valence-corrected chi connectivity index (χ2v) is 5.38. The third-order valence-corrected chi connectivity index (χ3v) is 4.26. The first kappa shape index (κ1) is 9.83. The molecule has 0 bridgehead atoms. The first-order valence-corrected chi connectivity index (χ1v) is 6.30. The highest BCUT2D eigenvalue weighted by molar-refractivity contribution is 7.84. The minimum absolute atomic E-state index is 0.349. The summed E-state index contributed by atoms with van der Waals surface area (Å²) in [4.78, 5) is 4.05. The highest BCUT2D eigenvalue weighted by atomic mass is 32.2. The van der Waals surface area contributed by atoms with Crippen molar-refractivity contribution in [1.82, 2.24) is 10.1 Å². The maximum atomic E-state index is 11.8. The summed E-state index contributed by atoms with van der Waals surface area (Å²) in [5.74, 6) is 1.54. The zero-order chi connectivity index (χ0) is 9.97. The Labute approximate surface area is 85.5 Å². The van der Waals surface area contributed by atoms with Crippen LogP contribution in [0.4, 0.5) is 0 Å². The third-order valence-electron chi connectivity index (χ3n) is 2.51. The summed E-state index contributed by atoms with van der Waals surface area (Å²) in [6, 6.07) is 0. The molecule has 1 heterocycles. The highest BCUT2D eigenvalue weighted by Gasteiger charge is 2.22. The fourth-order valence-electron chi connectivity index (χ4n) is 1.79. The van der Waals surface area contributed by atoms with Gasteiger partial charge in [-0.1, -0.05) is 18.0 Å². The highest BCUT2D eigenvalue weighted by Crippen LogP contribution is 2.24. The molecule has 1 aromatic heterocycles. The fourth-order valence-corrected chi connectivity index (χ4v) is 3.24. The molecule has 0 aliphatic heterocycles. The molecule has 0 aromatic carbocycles. The third kappa shape index (κ3) is 2.20. The van der Waals surface area contributed by atoms with Gasteiger partial charge in [-0.25, -0.2) is 0 Å². The Bertz CT molecular complexity index is 331. The quantitative estimate of drug-likeness (QED) is 0.766. The van der Waals surface area contributed by atoms with Crippen LogP contribution in [-0.4, -0.2) is 19.6 Å². The van der Waals surface area contributed by atoms with E-state index in [4.69, 9.17) is 4.52 Å². The zero-order valence-electron chi connectivity index (χ0n) is 8.23. The normalized spacial score (nSPS) is 20.1. The van der Waals surface area contributed by atoms with E-state index >= 15 is 0 Å². The second-order valence-electron chi connectivity index (χ2n) is 3.67. The molecular weight excluding hydrogens is 200 g/mol. The summed E-state index contributed by atoms with van der Waals surface area (Å²) in [5, 5.41) is 4.03. The van der Waals surface area contributed by atoms with Gasteiger partial charge in [0.25, 0.3) is 0 Å². The van der Waals surface area contributed by atoms with E-state index in [1.807, 2.05) is 0 Å². The Morgan fingerprint density at radius 3 is 2.79 bits per heavy atom. The van der Waals surface area contributed by atoms with Crippen molar-refractivity contribution in [3.8, 4) is 0 Å². The molecule has 0 N–H and O–H groups in total. The second kappa shape index (κ2) is 4.21. The van der Waals surface area contributed by atoms with Gasteiger partial charge in [0, 0.05) is 16.0 Å². The molecule has 0 saturated heterocycles. The van der Waals surface area contributed by atoms with Crippen LogP contribution in [-0.2, 0) is 16.6 Å². The Morgan fingerprint density at radius 1 is 1.50 bits per heavy atom. The van der Waals surface area contributed by atoms with E-state index in [9.17, 15) is 4.21 Å². The standard InChI is InChI=1S/C9H14N2O2S/c1-7-10-9(13-11-7)6-14(12)8-4-2-3-5-8/h8H,2-6H2,1H3. The maximum Gasteiger partial charge on any atom is 0.239 e. The molecule has 1 aliphatic carbocycles. The summed E-state index contributed by atoms with van der Waals surface area (Å²) < 4.78 is 16.7. The Balaban J connectivity index is 1.93. The van der Waals surface area contributed by atoms with Gasteiger partial charge in [0.1, 0.15) is 5.75 Å². The van der Waals surface area contributed by atoms with Gasteiger partial charge in [-0.05, 0) is 19.8 Å². The van der Waals surface area contributed by atoms with Crippen LogP contribution in [0.2, 0.25) is 0 Å². The summed E-state index contributed by atoms with van der Waals surface area (Å²) in [6.45, 7) is 1.77. The topological polar surface area (TPSA) is 56.0 Å². The molecule has 1 unspecified atom stereocenters. The molecular formula is C9H14N2O2S. The van der Waals surface area contributed by atoms with Crippen molar-refractivity contribution in [2.45, 2.75) is 43.6 Å². The molecule has 1 aromatic rings. The average Bonchev–Trinajstić information content (AvgIpc) is 2.75. The van der Waals surface area contributed by atoms with Crippen LogP contribution in [0.3, 0.4) is 0 Å². The van der Waals surface area contributed by atoms with Crippen LogP contribution < -0.4 is 0 Å². The van der Waals surface area contributed by atoms with Crippen LogP contribution in [0.15, 0.2) is 4.52 Å². The van der Waals surface area contributed by atoms with E-state index in [0.29, 0.717) is 22.7 Å². The number of nitrogens with zero attached hydrogens (tertiary/aromatic N) is 2. The molecule has 1 aliphatic rings. The van der Waals surface area contributed by atoms with Crippen LogP contribution in [0.25, 0.3) is 0 Å². The number of aryl methyl sites for hydroxylation is 1. The first-order chi connectivity index (χ1) is 6.75. The molecule has 2 rings (SSSR count). The lowest BCUT2D eigenvalue weighted by atomic mass is 10.4. The van der Waals surface area contributed by atoms with Gasteiger partial charge < -0.3 is 4.52 Å². The number of aromatic nitrogens is 2. The van der Waals surface area contributed by atoms with Crippen molar-refractivity contribution in [3.63, 3.8) is 0 Å². The van der Waals surface area contributed by atoms with Crippen molar-refractivity contribution in [1.29, 1.82) is 0 Å². The molecule has 4 nitrogen and oxygen atoms in total. The van der Waals surface area contributed by atoms with E-state index in [1.165, 1.54) is 12.8 Å². The molecule has 78 valence electrons. The monoisotopic (exact) mass is 214 g/mol. The number of hydrogen-bond acceptors (Lipinski definition) is 4. The SMILES string of the molecule is Cc1noc(CS(=O)C2CCCC2)n1. The minimum Gasteiger partial charge on any atom is -0.338 e. The van der Waals surface area contributed by atoms with Gasteiger partial charge in [0.05, 0.1) is 0 Å². The van der Waals surface area contributed by atoms with E-state index in [0.717, 1.165) is 12.8 Å². The molecule has 14 heavy (non-hydrogen) atoms. The van der Waals surface area contributed by atoms with Crippen LogP contribution in [0.1, 0.15) is 37.4 Å². The molecule has 0 amide bonds. The van der Waals surface area contributed by atoms with E-state index in [-0.39, 0.29) is 0 Å². The Kier molecular flexibility index (Phi) is 2.96. The molecule has 5 heteroatoms. The van der Waals surface area contributed by atoms with Gasteiger partial charge in [-0.2, -0.15) is 4.98 Å². The van der Waals surface area contributed by atoms with Gasteiger partial charge in [-0.3, -0.25) is 4.21 Å². The van der Waals surface area contributed by atoms with Crippen molar-refractivity contribution < 1.29 is 8.73 Å². The van der Waals surface area contributed by atoms with Crippen molar-refractivity contribution >= 4 is 10.8 Å². The van der Waals surface area contributed by atoms with Gasteiger partial charge in [-0.15, -0.1) is 0 Å². The summed E-state index contributed by atoms with van der Waals surface area (Å²) in [6.07, 6.45) is 4.58. The lowest BCUT2D eigenvalue weighted by molar-refractivity contribution is 0.386. The van der Waals surface area contributed by atoms with Gasteiger partial charge in [0.2, 0.25) is 5.89 Å². The first-order valence-electron chi connectivity index (χ1n) is 4.92. The summed E-state index contributed by atoms with van der Waals surface area (Å²) >= 11 is 0. The molecule has 1 fully saturated rings. The lowest BCUT2D eigenvalue weighted by Gasteiger charge is -2.05. The zero-order valence-corrected chi connectivity index (χ0v) is 9.05. The predicted molar refractivity (Wildman–Crippen MR) is 53.1 cm³/mol. The van der Waals surface area contributed by atoms with Crippen LogP contribution in [0, 0.1) is 6.92 Å². The Hall–Kier alpha value is -0.710. The fraction of sp³-hybridized carbons (Fsp3) is 0.778. The van der Waals surface area contributed by atoms with E-state index in [1.54, 1.807) is 6.92 Å². The van der Waals surface area contributed by atoms with E-state index in [2.05, 4.69) is 10.1 Å². The summed E-state index contributed by atoms with van der Waals surface area (Å²) in [7, 11) is -0.829. The Morgan fingerprint density at radius 2 is 2.21 bits per heavy atom. The van der Waals surface area contributed by atoms with Crippen LogP contribution >= 0.6 is 0 Å². The lowest BCUT2D eigenvalue weighted by Crippen LogP contribution is -2.12. The molecule has 0 radical (unpaired) electrons.